The van der Waals surface area contributed by atoms with Crippen LogP contribution in [0.3, 0.4) is 0 Å². The summed E-state index contributed by atoms with van der Waals surface area (Å²) in [6, 6.07) is 15.4. The number of aryl methyl sites for hydroxylation is 1. The summed E-state index contributed by atoms with van der Waals surface area (Å²) in [5.74, 6) is 0. The van der Waals surface area contributed by atoms with E-state index in [-0.39, 0.29) is 0 Å². The summed E-state index contributed by atoms with van der Waals surface area (Å²) in [6.07, 6.45) is 0. The van der Waals surface area contributed by atoms with Crippen LogP contribution in [0.4, 0.5) is 5.69 Å². The van der Waals surface area contributed by atoms with Crippen LogP contribution in [0, 0.1) is 25.2 Å². The van der Waals surface area contributed by atoms with Crippen LogP contribution in [-0.2, 0) is 6.54 Å². The molecular formula is C19H17ClN4. The van der Waals surface area contributed by atoms with Crippen molar-refractivity contribution in [2.45, 2.75) is 20.4 Å². The molecule has 120 valence electrons. The average Bonchev–Trinajstić information content (AvgIpc) is 2.84. The minimum Gasteiger partial charge on any atom is -0.398 e. The molecule has 0 unspecified atom stereocenters. The van der Waals surface area contributed by atoms with Gasteiger partial charge in [-0.15, -0.1) is 0 Å². The van der Waals surface area contributed by atoms with Crippen LogP contribution in [0.25, 0.3) is 11.1 Å². The molecule has 2 aromatic carbocycles. The third-order valence-electron chi connectivity index (χ3n) is 4.06. The monoisotopic (exact) mass is 336 g/mol. The largest absolute Gasteiger partial charge is 0.398 e. The molecule has 5 heteroatoms. The number of halogens is 1. The molecule has 2 N–H and O–H groups in total. The van der Waals surface area contributed by atoms with Crippen molar-refractivity contribution in [2.75, 3.05) is 5.73 Å². The molecule has 0 amide bonds. The van der Waals surface area contributed by atoms with Crippen LogP contribution in [0.2, 0.25) is 5.02 Å². The minimum atomic E-state index is 0.542. The van der Waals surface area contributed by atoms with Gasteiger partial charge >= 0.3 is 0 Å². The van der Waals surface area contributed by atoms with E-state index < -0.39 is 0 Å². The van der Waals surface area contributed by atoms with Crippen molar-refractivity contribution >= 4 is 17.3 Å². The quantitative estimate of drug-likeness (QED) is 0.724. The molecule has 0 atom stereocenters. The molecule has 0 bridgehead atoms. The van der Waals surface area contributed by atoms with Gasteiger partial charge in [0.1, 0.15) is 0 Å². The second kappa shape index (κ2) is 6.38. The first-order valence-electron chi connectivity index (χ1n) is 7.58. The Labute approximate surface area is 146 Å². The normalized spacial score (nSPS) is 10.6. The van der Waals surface area contributed by atoms with Crippen molar-refractivity contribution in [3.05, 3.63) is 70.0 Å². The molecule has 0 aliphatic carbocycles. The van der Waals surface area contributed by atoms with Gasteiger partial charge < -0.3 is 5.73 Å². The molecule has 24 heavy (non-hydrogen) atoms. The number of aromatic nitrogens is 2. The zero-order valence-electron chi connectivity index (χ0n) is 13.5. The van der Waals surface area contributed by atoms with Crippen LogP contribution >= 0.6 is 11.6 Å². The standard InChI is InChI=1S/C19H17ClN4/c1-12-19(16-6-7-18(22)17(20)9-16)13(2)24(23-12)11-15-5-3-4-14(8-15)10-21/h3-9H,11,22H2,1-2H3. The SMILES string of the molecule is Cc1nn(Cc2cccc(C#N)c2)c(C)c1-c1ccc(N)c(Cl)c1. The van der Waals surface area contributed by atoms with E-state index in [4.69, 9.17) is 22.6 Å². The Hall–Kier alpha value is -2.77. The van der Waals surface area contributed by atoms with Gasteiger partial charge in [0, 0.05) is 11.3 Å². The first kappa shape index (κ1) is 16.1. The van der Waals surface area contributed by atoms with E-state index in [2.05, 4.69) is 11.2 Å². The van der Waals surface area contributed by atoms with Gasteiger partial charge in [-0.05, 0) is 49.2 Å². The zero-order chi connectivity index (χ0) is 17.3. The number of nitriles is 1. The third-order valence-corrected chi connectivity index (χ3v) is 4.39. The lowest BCUT2D eigenvalue weighted by Crippen LogP contribution is -2.04. The lowest BCUT2D eigenvalue weighted by molar-refractivity contribution is 0.659. The highest BCUT2D eigenvalue weighted by molar-refractivity contribution is 6.33. The number of hydrogen-bond donors (Lipinski definition) is 1. The van der Waals surface area contributed by atoms with E-state index in [0.29, 0.717) is 22.8 Å². The number of nitrogens with zero attached hydrogens (tertiary/aromatic N) is 3. The summed E-state index contributed by atoms with van der Waals surface area (Å²) >= 11 is 6.16. The van der Waals surface area contributed by atoms with Crippen molar-refractivity contribution in [2.24, 2.45) is 0 Å². The van der Waals surface area contributed by atoms with E-state index in [1.54, 1.807) is 6.07 Å². The van der Waals surface area contributed by atoms with Crippen LogP contribution in [-0.4, -0.2) is 9.78 Å². The molecular weight excluding hydrogens is 320 g/mol. The molecule has 0 saturated heterocycles. The van der Waals surface area contributed by atoms with E-state index >= 15 is 0 Å². The summed E-state index contributed by atoms with van der Waals surface area (Å²) in [5, 5.41) is 14.2. The first-order chi connectivity index (χ1) is 11.5. The Bertz CT molecular complexity index is 950. The predicted octanol–water partition coefficient (Wildman–Crippen LogP) is 4.32. The van der Waals surface area contributed by atoms with Crippen LogP contribution in [0.15, 0.2) is 42.5 Å². The topological polar surface area (TPSA) is 67.6 Å². The highest BCUT2D eigenvalue weighted by atomic mass is 35.5. The highest BCUT2D eigenvalue weighted by Crippen LogP contribution is 2.31. The average molecular weight is 337 g/mol. The lowest BCUT2D eigenvalue weighted by Gasteiger charge is -2.07. The van der Waals surface area contributed by atoms with Gasteiger partial charge in [0.2, 0.25) is 0 Å². The van der Waals surface area contributed by atoms with E-state index in [1.807, 2.05) is 54.9 Å². The molecule has 0 spiro atoms. The summed E-state index contributed by atoms with van der Waals surface area (Å²) < 4.78 is 1.95. The van der Waals surface area contributed by atoms with E-state index in [0.717, 1.165) is 28.1 Å². The first-order valence-corrected chi connectivity index (χ1v) is 7.96. The third kappa shape index (κ3) is 2.99. The summed E-state index contributed by atoms with van der Waals surface area (Å²) in [6.45, 7) is 4.63. The Kier molecular flexibility index (Phi) is 4.28. The highest BCUT2D eigenvalue weighted by Gasteiger charge is 2.14. The molecule has 3 rings (SSSR count). The van der Waals surface area contributed by atoms with Crippen LogP contribution in [0.1, 0.15) is 22.5 Å². The van der Waals surface area contributed by atoms with Gasteiger partial charge in [0.15, 0.2) is 0 Å². The fourth-order valence-corrected chi connectivity index (χ4v) is 3.04. The van der Waals surface area contributed by atoms with Gasteiger partial charge in [-0.1, -0.05) is 29.8 Å². The number of nitrogen functional groups attached to an aromatic ring is 1. The van der Waals surface area contributed by atoms with Gasteiger partial charge in [-0.2, -0.15) is 10.4 Å². The number of benzene rings is 2. The molecule has 0 fully saturated rings. The molecule has 1 heterocycles. The smallest absolute Gasteiger partial charge is 0.0991 e. The van der Waals surface area contributed by atoms with Gasteiger partial charge in [0.05, 0.1) is 34.6 Å². The second-order valence-electron chi connectivity index (χ2n) is 5.75. The molecule has 3 aromatic rings. The second-order valence-corrected chi connectivity index (χ2v) is 6.16. The summed E-state index contributed by atoms with van der Waals surface area (Å²) in [5.41, 5.74) is 12.1. The minimum absolute atomic E-state index is 0.542. The molecule has 1 aromatic heterocycles. The Balaban J connectivity index is 2.00. The number of hydrogen-bond acceptors (Lipinski definition) is 3. The Morgan fingerprint density at radius 1 is 1.21 bits per heavy atom. The van der Waals surface area contributed by atoms with Crippen molar-refractivity contribution < 1.29 is 0 Å². The van der Waals surface area contributed by atoms with Crippen LogP contribution < -0.4 is 5.73 Å². The maximum atomic E-state index is 9.03. The summed E-state index contributed by atoms with van der Waals surface area (Å²) in [4.78, 5) is 0. The Morgan fingerprint density at radius 3 is 2.71 bits per heavy atom. The number of rotatable bonds is 3. The van der Waals surface area contributed by atoms with Gasteiger partial charge in [-0.25, -0.2) is 0 Å². The molecule has 0 aliphatic rings. The van der Waals surface area contributed by atoms with E-state index in [1.165, 1.54) is 0 Å². The molecule has 0 aliphatic heterocycles. The Morgan fingerprint density at radius 2 is 2.00 bits per heavy atom. The summed E-state index contributed by atoms with van der Waals surface area (Å²) in [7, 11) is 0. The molecule has 0 radical (unpaired) electrons. The van der Waals surface area contributed by atoms with Gasteiger partial charge in [0.25, 0.3) is 0 Å². The van der Waals surface area contributed by atoms with Crippen molar-refractivity contribution in [1.82, 2.24) is 9.78 Å². The lowest BCUT2D eigenvalue weighted by atomic mass is 10.0. The molecule has 4 nitrogen and oxygen atoms in total. The maximum absolute atomic E-state index is 9.03. The maximum Gasteiger partial charge on any atom is 0.0991 e. The fraction of sp³-hybridized carbons (Fsp3) is 0.158. The number of anilines is 1. The zero-order valence-corrected chi connectivity index (χ0v) is 14.3. The fourth-order valence-electron chi connectivity index (χ4n) is 2.86. The van der Waals surface area contributed by atoms with Crippen molar-refractivity contribution in [1.29, 1.82) is 5.26 Å². The van der Waals surface area contributed by atoms with Gasteiger partial charge in [-0.3, -0.25) is 4.68 Å². The van der Waals surface area contributed by atoms with E-state index in [9.17, 15) is 0 Å². The molecule has 0 saturated carbocycles. The van der Waals surface area contributed by atoms with Crippen molar-refractivity contribution in [3.63, 3.8) is 0 Å². The number of nitrogens with two attached hydrogens (primary N) is 1. The van der Waals surface area contributed by atoms with Crippen LogP contribution in [0.5, 0.6) is 0 Å². The predicted molar refractivity (Wildman–Crippen MR) is 96.8 cm³/mol. The van der Waals surface area contributed by atoms with Crippen molar-refractivity contribution in [3.8, 4) is 17.2 Å².